The summed E-state index contributed by atoms with van der Waals surface area (Å²) in [6.45, 7) is 1.61. The molecule has 0 spiro atoms. The van der Waals surface area contributed by atoms with Gasteiger partial charge in [0.1, 0.15) is 18.5 Å². The van der Waals surface area contributed by atoms with Crippen LogP contribution < -0.4 is 10.1 Å². The zero-order valence-corrected chi connectivity index (χ0v) is 12.9. The van der Waals surface area contributed by atoms with Crippen LogP contribution in [-0.4, -0.2) is 42.1 Å². The lowest BCUT2D eigenvalue weighted by molar-refractivity contribution is 0.0954. The van der Waals surface area contributed by atoms with Crippen molar-refractivity contribution < 1.29 is 14.9 Å². The summed E-state index contributed by atoms with van der Waals surface area (Å²) in [6.07, 6.45) is 3.22. The molecule has 1 aliphatic rings. The van der Waals surface area contributed by atoms with Crippen LogP contribution in [0.3, 0.4) is 0 Å². The van der Waals surface area contributed by atoms with E-state index in [9.17, 15) is 10.2 Å². The van der Waals surface area contributed by atoms with Gasteiger partial charge in [-0.15, -0.1) is 0 Å². The third-order valence-electron chi connectivity index (χ3n) is 3.90. The van der Waals surface area contributed by atoms with E-state index in [4.69, 9.17) is 16.3 Å². The van der Waals surface area contributed by atoms with E-state index >= 15 is 0 Å². The van der Waals surface area contributed by atoms with E-state index in [0.717, 1.165) is 32.2 Å². The van der Waals surface area contributed by atoms with Crippen LogP contribution in [0.25, 0.3) is 0 Å². The molecular formula is C16H24ClNO3. The summed E-state index contributed by atoms with van der Waals surface area (Å²) in [5.41, 5.74) is 0. The van der Waals surface area contributed by atoms with Gasteiger partial charge in [0.25, 0.3) is 0 Å². The molecule has 5 heteroatoms. The Morgan fingerprint density at radius 2 is 1.95 bits per heavy atom. The number of hydrogen-bond donors (Lipinski definition) is 3. The smallest absolute Gasteiger partial charge is 0.138 e. The fourth-order valence-corrected chi connectivity index (χ4v) is 2.80. The van der Waals surface area contributed by atoms with E-state index in [2.05, 4.69) is 5.32 Å². The number of ether oxygens (including phenoxy) is 1. The molecule has 1 fully saturated rings. The highest BCUT2D eigenvalue weighted by molar-refractivity contribution is 6.32. The molecule has 4 nitrogen and oxygen atoms in total. The first-order chi connectivity index (χ1) is 10.1. The van der Waals surface area contributed by atoms with Crippen molar-refractivity contribution in [1.82, 2.24) is 5.32 Å². The highest BCUT2D eigenvalue weighted by atomic mass is 35.5. The molecule has 0 aromatic heterocycles. The molecule has 1 atom stereocenters. The molecule has 1 aliphatic carbocycles. The molecular weight excluding hydrogens is 290 g/mol. The summed E-state index contributed by atoms with van der Waals surface area (Å²) in [5.74, 6) is 1.20. The van der Waals surface area contributed by atoms with Crippen LogP contribution in [0, 0.1) is 5.92 Å². The number of halogens is 1. The maximum absolute atomic E-state index is 9.90. The molecule has 0 amide bonds. The van der Waals surface area contributed by atoms with E-state index in [1.807, 2.05) is 12.1 Å². The van der Waals surface area contributed by atoms with Gasteiger partial charge in [-0.3, -0.25) is 0 Å². The first-order valence-electron chi connectivity index (χ1n) is 7.59. The Bertz CT molecular complexity index is 422. The summed E-state index contributed by atoms with van der Waals surface area (Å²) in [4.78, 5) is 0. The lowest BCUT2D eigenvalue weighted by Crippen LogP contribution is -2.35. The van der Waals surface area contributed by atoms with Crippen molar-refractivity contribution >= 4 is 11.6 Å². The second kappa shape index (κ2) is 8.59. The van der Waals surface area contributed by atoms with Gasteiger partial charge in [0.2, 0.25) is 0 Å². The van der Waals surface area contributed by atoms with E-state index < -0.39 is 6.10 Å². The van der Waals surface area contributed by atoms with Crippen molar-refractivity contribution in [3.05, 3.63) is 29.3 Å². The van der Waals surface area contributed by atoms with Crippen LogP contribution in [0.1, 0.15) is 25.7 Å². The predicted octanol–water partition coefficient (Wildman–Crippen LogP) is 2.22. The minimum Gasteiger partial charge on any atom is -0.489 e. The number of hydrogen-bond acceptors (Lipinski definition) is 4. The average molecular weight is 314 g/mol. The van der Waals surface area contributed by atoms with Crippen LogP contribution in [0.15, 0.2) is 24.3 Å². The number of para-hydroxylation sites is 1. The molecule has 21 heavy (non-hydrogen) atoms. The number of aliphatic hydroxyl groups excluding tert-OH is 2. The van der Waals surface area contributed by atoms with Gasteiger partial charge in [-0.05, 0) is 50.3 Å². The van der Waals surface area contributed by atoms with Crippen molar-refractivity contribution in [3.63, 3.8) is 0 Å². The lowest BCUT2D eigenvalue weighted by atomic mass is 9.87. The fraction of sp³-hybridized carbons (Fsp3) is 0.625. The summed E-state index contributed by atoms with van der Waals surface area (Å²) >= 11 is 5.98. The molecule has 0 aliphatic heterocycles. The van der Waals surface area contributed by atoms with Gasteiger partial charge in [-0.1, -0.05) is 23.7 Å². The number of aliphatic hydroxyl groups is 2. The van der Waals surface area contributed by atoms with E-state index in [-0.39, 0.29) is 12.7 Å². The molecule has 2 rings (SSSR count). The zero-order chi connectivity index (χ0) is 15.1. The van der Waals surface area contributed by atoms with Crippen molar-refractivity contribution in [2.75, 3.05) is 19.7 Å². The zero-order valence-electron chi connectivity index (χ0n) is 12.2. The average Bonchev–Trinajstić information content (AvgIpc) is 2.48. The van der Waals surface area contributed by atoms with E-state index in [0.29, 0.717) is 23.2 Å². The second-order valence-electron chi connectivity index (χ2n) is 5.73. The fourth-order valence-electron chi connectivity index (χ4n) is 2.61. The first kappa shape index (κ1) is 16.6. The standard InChI is InChI=1S/C16H24ClNO3/c17-15-3-1-2-4-16(15)21-11-14(20)10-18-9-12-5-7-13(19)8-6-12/h1-4,12-14,18-20H,5-11H2. The molecule has 3 N–H and O–H groups in total. The van der Waals surface area contributed by atoms with Crippen LogP contribution >= 0.6 is 11.6 Å². The van der Waals surface area contributed by atoms with Gasteiger partial charge in [0.15, 0.2) is 0 Å². The van der Waals surface area contributed by atoms with Crippen molar-refractivity contribution in [2.24, 2.45) is 5.92 Å². The first-order valence-corrected chi connectivity index (χ1v) is 7.97. The third-order valence-corrected chi connectivity index (χ3v) is 4.21. The Morgan fingerprint density at radius 3 is 2.67 bits per heavy atom. The quantitative estimate of drug-likeness (QED) is 0.722. The minimum absolute atomic E-state index is 0.115. The second-order valence-corrected chi connectivity index (χ2v) is 6.14. The molecule has 1 saturated carbocycles. The van der Waals surface area contributed by atoms with Gasteiger partial charge in [-0.2, -0.15) is 0 Å². The number of benzene rings is 1. The van der Waals surface area contributed by atoms with Crippen molar-refractivity contribution in [3.8, 4) is 5.75 Å². The van der Waals surface area contributed by atoms with Crippen molar-refractivity contribution in [1.29, 1.82) is 0 Å². The van der Waals surface area contributed by atoms with Crippen molar-refractivity contribution in [2.45, 2.75) is 37.9 Å². The number of nitrogens with one attached hydrogen (secondary N) is 1. The normalized spacial score (nSPS) is 23.8. The van der Waals surface area contributed by atoms with Gasteiger partial charge < -0.3 is 20.3 Å². The van der Waals surface area contributed by atoms with Gasteiger partial charge in [-0.25, -0.2) is 0 Å². The van der Waals surface area contributed by atoms with E-state index in [1.165, 1.54) is 0 Å². The highest BCUT2D eigenvalue weighted by Crippen LogP contribution is 2.24. The molecule has 0 radical (unpaired) electrons. The summed E-state index contributed by atoms with van der Waals surface area (Å²) < 4.78 is 5.50. The summed E-state index contributed by atoms with van der Waals surface area (Å²) in [5, 5.41) is 23.2. The monoisotopic (exact) mass is 313 g/mol. The van der Waals surface area contributed by atoms with E-state index in [1.54, 1.807) is 12.1 Å². The molecule has 1 aromatic carbocycles. The topological polar surface area (TPSA) is 61.7 Å². The SMILES string of the molecule is OC1CCC(CNCC(O)COc2ccccc2Cl)CC1. The Kier molecular flexibility index (Phi) is 6.77. The van der Waals surface area contributed by atoms with Crippen LogP contribution in [0.4, 0.5) is 0 Å². The van der Waals surface area contributed by atoms with Crippen LogP contribution in [0.2, 0.25) is 5.02 Å². The number of rotatable bonds is 7. The molecule has 0 bridgehead atoms. The Morgan fingerprint density at radius 1 is 1.24 bits per heavy atom. The third kappa shape index (κ3) is 5.83. The Balaban J connectivity index is 1.59. The molecule has 0 saturated heterocycles. The Labute approximate surface area is 131 Å². The summed E-state index contributed by atoms with van der Waals surface area (Å²) in [6, 6.07) is 7.24. The maximum atomic E-state index is 9.90. The largest absolute Gasteiger partial charge is 0.489 e. The molecule has 1 unspecified atom stereocenters. The van der Waals surface area contributed by atoms with Gasteiger partial charge in [0.05, 0.1) is 11.1 Å². The molecule has 0 heterocycles. The van der Waals surface area contributed by atoms with Crippen LogP contribution in [0.5, 0.6) is 5.75 Å². The molecule has 1 aromatic rings. The lowest BCUT2D eigenvalue weighted by Gasteiger charge is -2.26. The Hall–Kier alpha value is -0.810. The highest BCUT2D eigenvalue weighted by Gasteiger charge is 2.19. The van der Waals surface area contributed by atoms with Crippen LogP contribution in [-0.2, 0) is 0 Å². The maximum Gasteiger partial charge on any atom is 0.138 e. The van der Waals surface area contributed by atoms with Gasteiger partial charge >= 0.3 is 0 Å². The minimum atomic E-state index is -0.560. The predicted molar refractivity (Wildman–Crippen MR) is 83.8 cm³/mol. The summed E-state index contributed by atoms with van der Waals surface area (Å²) in [7, 11) is 0. The van der Waals surface area contributed by atoms with Gasteiger partial charge in [0, 0.05) is 6.54 Å². The molecule has 118 valence electrons.